The van der Waals surface area contributed by atoms with Gasteiger partial charge < -0.3 is 9.64 Å². The Morgan fingerprint density at radius 1 is 1.35 bits per heavy atom. The van der Waals surface area contributed by atoms with Gasteiger partial charge in [-0.05, 0) is 19.1 Å². The van der Waals surface area contributed by atoms with Crippen molar-refractivity contribution in [3.05, 3.63) is 29.8 Å². The van der Waals surface area contributed by atoms with Crippen molar-refractivity contribution in [1.29, 1.82) is 10.7 Å². The third-order valence-electron chi connectivity index (χ3n) is 3.01. The van der Waals surface area contributed by atoms with Crippen LogP contribution in [-0.4, -0.2) is 42.8 Å². The van der Waals surface area contributed by atoms with Crippen LogP contribution in [-0.2, 0) is 4.74 Å². The Labute approximate surface area is 118 Å². The minimum Gasteiger partial charge on any atom is -0.378 e. The molecule has 2 N–H and O–H groups in total. The van der Waals surface area contributed by atoms with Gasteiger partial charge in [-0.15, -0.1) is 0 Å². The standard InChI is InChI=1S/C14H17N5O/c1-11-2-4-12(5-3-11)17-18-13(10-15)14(16)19-6-8-20-9-7-19/h2-5,16-17H,6-9H2,1H3/b16-14?,18-13+. The van der Waals surface area contributed by atoms with Crippen LogP contribution < -0.4 is 5.43 Å². The van der Waals surface area contributed by atoms with Gasteiger partial charge in [-0.25, -0.2) is 0 Å². The Morgan fingerprint density at radius 3 is 2.60 bits per heavy atom. The highest BCUT2D eigenvalue weighted by atomic mass is 16.5. The number of aryl methyl sites for hydroxylation is 1. The van der Waals surface area contributed by atoms with Crippen LogP contribution in [0.1, 0.15) is 5.56 Å². The first kappa shape index (κ1) is 14.0. The van der Waals surface area contributed by atoms with E-state index in [1.165, 1.54) is 0 Å². The second-order valence-electron chi connectivity index (χ2n) is 4.50. The fraction of sp³-hybridized carbons (Fsp3) is 0.357. The molecule has 104 valence electrons. The van der Waals surface area contributed by atoms with Gasteiger partial charge in [-0.2, -0.15) is 10.4 Å². The lowest BCUT2D eigenvalue weighted by Gasteiger charge is -2.28. The van der Waals surface area contributed by atoms with Crippen molar-refractivity contribution in [3.8, 4) is 6.07 Å². The number of nitrogens with zero attached hydrogens (tertiary/aromatic N) is 3. The van der Waals surface area contributed by atoms with Gasteiger partial charge in [0.25, 0.3) is 0 Å². The number of morpholine rings is 1. The third kappa shape index (κ3) is 3.56. The smallest absolute Gasteiger partial charge is 0.202 e. The highest BCUT2D eigenvalue weighted by Gasteiger charge is 2.18. The Hall–Kier alpha value is -2.39. The second kappa shape index (κ2) is 6.68. The maximum Gasteiger partial charge on any atom is 0.202 e. The maximum absolute atomic E-state index is 9.13. The van der Waals surface area contributed by atoms with Gasteiger partial charge in [0.2, 0.25) is 5.71 Å². The average molecular weight is 271 g/mol. The van der Waals surface area contributed by atoms with Gasteiger partial charge in [0, 0.05) is 13.1 Å². The summed E-state index contributed by atoms with van der Waals surface area (Å²) in [6, 6.07) is 9.63. The van der Waals surface area contributed by atoms with Crippen LogP contribution in [0.15, 0.2) is 29.4 Å². The molecule has 1 aromatic carbocycles. The number of nitrogens with one attached hydrogen (secondary N) is 2. The highest BCUT2D eigenvalue weighted by Crippen LogP contribution is 2.08. The topological polar surface area (TPSA) is 84.5 Å². The molecule has 1 aliphatic rings. The summed E-state index contributed by atoms with van der Waals surface area (Å²) in [7, 11) is 0. The van der Waals surface area contributed by atoms with Crippen LogP contribution in [0.4, 0.5) is 5.69 Å². The summed E-state index contributed by atoms with van der Waals surface area (Å²) in [4.78, 5) is 1.79. The molecule has 2 rings (SSSR count). The molecule has 0 radical (unpaired) electrons. The zero-order chi connectivity index (χ0) is 14.4. The number of nitriles is 1. The molecule has 0 aromatic heterocycles. The van der Waals surface area contributed by atoms with Crippen molar-refractivity contribution in [2.24, 2.45) is 5.10 Å². The summed E-state index contributed by atoms with van der Waals surface area (Å²) in [5.74, 6) is 0.135. The number of anilines is 1. The molecule has 0 amide bonds. The number of benzene rings is 1. The molecule has 1 saturated heterocycles. The van der Waals surface area contributed by atoms with Crippen molar-refractivity contribution >= 4 is 17.2 Å². The maximum atomic E-state index is 9.13. The Balaban J connectivity index is 2.03. The van der Waals surface area contributed by atoms with E-state index < -0.39 is 0 Å². The predicted octanol–water partition coefficient (Wildman–Crippen LogP) is 1.60. The third-order valence-corrected chi connectivity index (χ3v) is 3.01. The van der Waals surface area contributed by atoms with Crippen LogP contribution >= 0.6 is 0 Å². The van der Waals surface area contributed by atoms with Crippen LogP contribution in [0.5, 0.6) is 0 Å². The molecule has 1 aliphatic heterocycles. The van der Waals surface area contributed by atoms with E-state index in [0.717, 1.165) is 11.3 Å². The first-order chi connectivity index (χ1) is 9.70. The minimum absolute atomic E-state index is 0.0764. The van der Waals surface area contributed by atoms with E-state index in [1.54, 1.807) is 4.90 Å². The molecule has 6 heteroatoms. The minimum atomic E-state index is 0.0764. The predicted molar refractivity (Wildman–Crippen MR) is 78.0 cm³/mol. The lowest BCUT2D eigenvalue weighted by Crippen LogP contribution is -2.43. The van der Waals surface area contributed by atoms with E-state index in [9.17, 15) is 0 Å². The van der Waals surface area contributed by atoms with Crippen molar-refractivity contribution < 1.29 is 4.74 Å². The van der Waals surface area contributed by atoms with E-state index in [1.807, 2.05) is 37.3 Å². The monoisotopic (exact) mass is 271 g/mol. The summed E-state index contributed by atoms with van der Waals surface area (Å²) in [6.07, 6.45) is 0. The first-order valence-electron chi connectivity index (χ1n) is 6.43. The van der Waals surface area contributed by atoms with Crippen molar-refractivity contribution in [1.82, 2.24) is 4.90 Å². The molecule has 0 aliphatic carbocycles. The molecule has 0 atom stereocenters. The van der Waals surface area contributed by atoms with Crippen molar-refractivity contribution in [3.63, 3.8) is 0 Å². The zero-order valence-corrected chi connectivity index (χ0v) is 11.4. The van der Waals surface area contributed by atoms with E-state index in [4.69, 9.17) is 15.4 Å². The van der Waals surface area contributed by atoms with E-state index in [2.05, 4.69) is 10.5 Å². The molecule has 6 nitrogen and oxygen atoms in total. The summed E-state index contributed by atoms with van der Waals surface area (Å²) >= 11 is 0. The Morgan fingerprint density at radius 2 is 2.00 bits per heavy atom. The summed E-state index contributed by atoms with van der Waals surface area (Å²) in [5, 5.41) is 21.2. The van der Waals surface area contributed by atoms with Gasteiger partial charge in [0.15, 0.2) is 5.84 Å². The van der Waals surface area contributed by atoms with E-state index >= 15 is 0 Å². The van der Waals surface area contributed by atoms with Gasteiger partial charge in [0.05, 0.1) is 18.9 Å². The highest BCUT2D eigenvalue weighted by molar-refractivity contribution is 6.46. The molecular formula is C14H17N5O. The lowest BCUT2D eigenvalue weighted by molar-refractivity contribution is 0.0686. The van der Waals surface area contributed by atoms with Crippen LogP contribution in [0.25, 0.3) is 0 Å². The molecule has 0 bridgehead atoms. The van der Waals surface area contributed by atoms with Crippen LogP contribution in [0, 0.1) is 23.7 Å². The molecule has 1 heterocycles. The van der Waals surface area contributed by atoms with Gasteiger partial charge in [-0.1, -0.05) is 17.7 Å². The normalized spacial score (nSPS) is 15.6. The number of ether oxygens (including phenoxy) is 1. The second-order valence-corrected chi connectivity index (χ2v) is 4.50. The molecule has 20 heavy (non-hydrogen) atoms. The summed E-state index contributed by atoms with van der Waals surface area (Å²) < 4.78 is 5.23. The number of amidine groups is 1. The average Bonchev–Trinajstić information content (AvgIpc) is 2.50. The first-order valence-corrected chi connectivity index (χ1v) is 6.43. The molecular weight excluding hydrogens is 254 g/mol. The van der Waals surface area contributed by atoms with Gasteiger partial charge >= 0.3 is 0 Å². The molecule has 1 aromatic rings. The fourth-order valence-electron chi connectivity index (χ4n) is 1.82. The summed E-state index contributed by atoms with van der Waals surface area (Å²) in [6.45, 7) is 4.38. The fourth-order valence-corrected chi connectivity index (χ4v) is 1.82. The molecule has 0 saturated carbocycles. The Kier molecular flexibility index (Phi) is 4.69. The van der Waals surface area contributed by atoms with Crippen LogP contribution in [0.3, 0.4) is 0 Å². The van der Waals surface area contributed by atoms with Crippen molar-refractivity contribution in [2.75, 3.05) is 31.7 Å². The van der Waals surface area contributed by atoms with Crippen molar-refractivity contribution in [2.45, 2.75) is 6.92 Å². The Bertz CT molecular complexity index is 538. The van der Waals surface area contributed by atoms with Gasteiger partial charge in [-0.3, -0.25) is 10.8 Å². The van der Waals surface area contributed by atoms with E-state index in [0.29, 0.717) is 26.3 Å². The number of hydrogen-bond donors (Lipinski definition) is 2. The number of rotatable bonds is 3. The number of hydrazone groups is 1. The van der Waals surface area contributed by atoms with E-state index in [-0.39, 0.29) is 11.5 Å². The molecule has 0 spiro atoms. The lowest BCUT2D eigenvalue weighted by atomic mass is 10.2. The number of hydrogen-bond acceptors (Lipinski definition) is 5. The summed E-state index contributed by atoms with van der Waals surface area (Å²) in [5.41, 5.74) is 4.83. The zero-order valence-electron chi connectivity index (χ0n) is 11.4. The molecule has 1 fully saturated rings. The quantitative estimate of drug-likeness (QED) is 0.497. The van der Waals surface area contributed by atoms with Gasteiger partial charge in [0.1, 0.15) is 6.07 Å². The largest absolute Gasteiger partial charge is 0.378 e. The van der Waals surface area contributed by atoms with Crippen LogP contribution in [0.2, 0.25) is 0 Å². The molecule has 0 unspecified atom stereocenters. The SMILES string of the molecule is Cc1ccc(N/N=C(\C#N)C(=N)N2CCOCC2)cc1.